The van der Waals surface area contributed by atoms with E-state index in [2.05, 4.69) is 36.7 Å². The Bertz CT molecular complexity index is 1020. The van der Waals surface area contributed by atoms with Crippen LogP contribution >= 0.6 is 11.6 Å². The molecule has 1 saturated carbocycles. The number of nitrogens with one attached hydrogen (secondary N) is 3. The topological polar surface area (TPSA) is 70.2 Å². The van der Waals surface area contributed by atoms with Gasteiger partial charge in [0.2, 0.25) is 0 Å². The summed E-state index contributed by atoms with van der Waals surface area (Å²) in [6.45, 7) is 12.5. The Labute approximate surface area is 202 Å². The number of halogens is 1. The molecule has 0 bridgehead atoms. The molecule has 2 aromatic rings. The summed E-state index contributed by atoms with van der Waals surface area (Å²) in [5.41, 5.74) is 4.67. The molecule has 0 unspecified atom stereocenters. The fourth-order valence-electron chi connectivity index (χ4n) is 4.77. The van der Waals surface area contributed by atoms with Crippen LogP contribution in [-0.2, 0) is 0 Å². The average Bonchev–Trinajstić information content (AvgIpc) is 2.70. The number of benzene rings is 2. The third kappa shape index (κ3) is 6.29. The zero-order chi connectivity index (χ0) is 24.3. The molecule has 0 saturated heterocycles. The summed E-state index contributed by atoms with van der Waals surface area (Å²) in [5, 5.41) is 9.40. The lowest BCUT2D eigenvalue weighted by atomic mass is 9.69. The molecule has 3 amide bonds. The SMILES string of the molecule is Cc1cc(C)c(NC(=O)Nc2cc(Cl)ccc2C(=O)N[C@H]2CCCC[C]2C(C)(C)C)c(C)c1. The second-order valence-electron chi connectivity index (χ2n) is 10.1. The van der Waals surface area contributed by atoms with Crippen LogP contribution in [0.1, 0.15) is 73.5 Å². The van der Waals surface area contributed by atoms with Gasteiger partial charge in [0, 0.05) is 22.7 Å². The van der Waals surface area contributed by atoms with E-state index in [1.165, 1.54) is 5.92 Å². The van der Waals surface area contributed by atoms with E-state index in [4.69, 9.17) is 11.6 Å². The van der Waals surface area contributed by atoms with Gasteiger partial charge in [-0.05, 0) is 68.4 Å². The highest BCUT2D eigenvalue weighted by atomic mass is 35.5. The van der Waals surface area contributed by atoms with Gasteiger partial charge in [0.25, 0.3) is 5.91 Å². The summed E-state index contributed by atoms with van der Waals surface area (Å²) >= 11 is 6.20. The van der Waals surface area contributed by atoms with Crippen LogP contribution in [-0.4, -0.2) is 18.0 Å². The highest BCUT2D eigenvalue weighted by Gasteiger charge is 2.35. The molecular weight excluding hydrogens is 434 g/mol. The van der Waals surface area contributed by atoms with Crippen LogP contribution in [0, 0.1) is 32.1 Å². The fraction of sp³-hybridized carbons (Fsp3) is 0.444. The Morgan fingerprint density at radius 1 is 0.970 bits per heavy atom. The van der Waals surface area contributed by atoms with Crippen molar-refractivity contribution in [1.29, 1.82) is 0 Å². The van der Waals surface area contributed by atoms with Gasteiger partial charge < -0.3 is 16.0 Å². The molecule has 0 aliphatic heterocycles. The summed E-state index contributed by atoms with van der Waals surface area (Å²) < 4.78 is 0. The maximum atomic E-state index is 13.3. The van der Waals surface area contributed by atoms with Crippen molar-refractivity contribution < 1.29 is 9.59 Å². The minimum Gasteiger partial charge on any atom is -0.349 e. The quantitative estimate of drug-likeness (QED) is 0.443. The van der Waals surface area contributed by atoms with Gasteiger partial charge in [0.15, 0.2) is 0 Å². The monoisotopic (exact) mass is 468 g/mol. The number of amides is 3. The van der Waals surface area contributed by atoms with E-state index in [9.17, 15) is 9.59 Å². The van der Waals surface area contributed by atoms with Crippen LogP contribution in [0.3, 0.4) is 0 Å². The molecular formula is C27H35ClN3O2. The number of hydrogen-bond donors (Lipinski definition) is 3. The summed E-state index contributed by atoms with van der Waals surface area (Å²) in [5.74, 6) is 1.16. The first-order chi connectivity index (χ1) is 15.5. The number of hydrogen-bond acceptors (Lipinski definition) is 2. The fourth-order valence-corrected chi connectivity index (χ4v) is 4.94. The third-order valence-corrected chi connectivity index (χ3v) is 6.50. The van der Waals surface area contributed by atoms with Gasteiger partial charge in [-0.1, -0.05) is 62.9 Å². The zero-order valence-corrected chi connectivity index (χ0v) is 21.2. The number of urea groups is 1. The van der Waals surface area contributed by atoms with Gasteiger partial charge in [-0.15, -0.1) is 0 Å². The molecule has 3 rings (SSSR count). The molecule has 3 N–H and O–H groups in total. The van der Waals surface area contributed by atoms with Gasteiger partial charge in [-0.3, -0.25) is 4.79 Å². The maximum absolute atomic E-state index is 13.3. The molecule has 0 aromatic heterocycles. The van der Waals surface area contributed by atoms with E-state index < -0.39 is 6.03 Å². The van der Waals surface area contributed by atoms with Crippen LogP contribution in [0.2, 0.25) is 5.02 Å². The van der Waals surface area contributed by atoms with E-state index >= 15 is 0 Å². The molecule has 1 fully saturated rings. The van der Waals surface area contributed by atoms with Gasteiger partial charge in [0.1, 0.15) is 0 Å². The van der Waals surface area contributed by atoms with Crippen LogP contribution in [0.4, 0.5) is 16.2 Å². The van der Waals surface area contributed by atoms with Gasteiger partial charge in [0.05, 0.1) is 11.3 Å². The van der Waals surface area contributed by atoms with E-state index in [0.717, 1.165) is 48.1 Å². The molecule has 2 aromatic carbocycles. The highest BCUT2D eigenvalue weighted by Crippen LogP contribution is 2.40. The first-order valence-electron chi connectivity index (χ1n) is 11.6. The predicted octanol–water partition coefficient (Wildman–Crippen LogP) is 7.20. The molecule has 177 valence electrons. The minimum atomic E-state index is -0.416. The number of carbonyl (C=O) groups excluding carboxylic acids is 2. The predicted molar refractivity (Wildman–Crippen MR) is 137 cm³/mol. The van der Waals surface area contributed by atoms with Crippen molar-refractivity contribution in [2.75, 3.05) is 10.6 Å². The summed E-state index contributed by atoms with van der Waals surface area (Å²) in [6.07, 6.45) is 4.21. The van der Waals surface area contributed by atoms with Crippen LogP contribution in [0.5, 0.6) is 0 Å². The molecule has 0 heterocycles. The Balaban J connectivity index is 1.79. The van der Waals surface area contributed by atoms with Crippen molar-refractivity contribution in [3.05, 3.63) is 63.5 Å². The van der Waals surface area contributed by atoms with Crippen molar-refractivity contribution in [3.63, 3.8) is 0 Å². The highest BCUT2D eigenvalue weighted by molar-refractivity contribution is 6.31. The number of anilines is 2. The average molecular weight is 469 g/mol. The lowest BCUT2D eigenvalue weighted by molar-refractivity contribution is 0.0924. The first-order valence-corrected chi connectivity index (χ1v) is 12.0. The smallest absolute Gasteiger partial charge is 0.323 e. The van der Waals surface area contributed by atoms with Crippen molar-refractivity contribution in [3.8, 4) is 0 Å². The van der Waals surface area contributed by atoms with Crippen molar-refractivity contribution >= 4 is 34.9 Å². The molecule has 1 atom stereocenters. The second-order valence-corrected chi connectivity index (χ2v) is 10.5. The lowest BCUT2D eigenvalue weighted by Crippen LogP contribution is -2.45. The largest absolute Gasteiger partial charge is 0.349 e. The van der Waals surface area contributed by atoms with Crippen molar-refractivity contribution in [1.82, 2.24) is 5.32 Å². The second kappa shape index (κ2) is 10.2. The summed E-state index contributed by atoms with van der Waals surface area (Å²) in [7, 11) is 0. The lowest BCUT2D eigenvalue weighted by Gasteiger charge is -2.40. The first kappa shape index (κ1) is 25.1. The van der Waals surface area contributed by atoms with E-state index in [0.29, 0.717) is 16.3 Å². The Kier molecular flexibility index (Phi) is 7.73. The zero-order valence-electron chi connectivity index (χ0n) is 20.5. The third-order valence-electron chi connectivity index (χ3n) is 6.27. The van der Waals surface area contributed by atoms with Crippen molar-refractivity contribution in [2.24, 2.45) is 5.41 Å². The van der Waals surface area contributed by atoms with Gasteiger partial charge in [-0.2, -0.15) is 0 Å². The standard InChI is InChI=1S/C27H35ClN3O2/c1-16-13-17(2)24(18(3)14-16)31-26(33)30-23-15-19(28)11-12-20(23)25(32)29-22-10-8-7-9-21(22)27(4,5)6/h11-15,22H,7-10H2,1-6H3,(H,29,32)(H2,30,31,33)/t22-/m0/s1. The minimum absolute atomic E-state index is 0.0291. The van der Waals surface area contributed by atoms with Crippen LogP contribution in [0.25, 0.3) is 0 Å². The number of aryl methyl sites for hydroxylation is 3. The van der Waals surface area contributed by atoms with E-state index in [-0.39, 0.29) is 17.4 Å². The number of carbonyl (C=O) groups is 2. The van der Waals surface area contributed by atoms with E-state index in [1.54, 1.807) is 18.2 Å². The molecule has 1 radical (unpaired) electrons. The van der Waals surface area contributed by atoms with Gasteiger partial charge in [-0.25, -0.2) is 4.79 Å². The molecule has 5 nitrogen and oxygen atoms in total. The summed E-state index contributed by atoms with van der Waals surface area (Å²) in [6, 6.07) is 8.60. The summed E-state index contributed by atoms with van der Waals surface area (Å²) in [4.78, 5) is 26.1. The Morgan fingerprint density at radius 3 is 2.27 bits per heavy atom. The number of rotatable bonds is 4. The molecule has 1 aliphatic carbocycles. The van der Waals surface area contributed by atoms with Crippen LogP contribution in [0.15, 0.2) is 30.3 Å². The molecule has 33 heavy (non-hydrogen) atoms. The van der Waals surface area contributed by atoms with Crippen LogP contribution < -0.4 is 16.0 Å². The Morgan fingerprint density at radius 2 is 1.64 bits per heavy atom. The van der Waals surface area contributed by atoms with E-state index in [1.807, 2.05) is 32.9 Å². The molecule has 6 heteroatoms. The van der Waals surface area contributed by atoms with Crippen molar-refractivity contribution in [2.45, 2.75) is 73.3 Å². The Hall–Kier alpha value is -2.53. The normalized spacial score (nSPS) is 16.9. The molecule has 0 spiro atoms. The van der Waals surface area contributed by atoms with Gasteiger partial charge >= 0.3 is 6.03 Å². The maximum Gasteiger partial charge on any atom is 0.323 e. The molecule has 1 aliphatic rings.